The van der Waals surface area contributed by atoms with E-state index in [1.165, 1.54) is 0 Å². The molecule has 1 N–H and O–H groups in total. The average molecular weight is 269 g/mol. The first-order valence-electron chi connectivity index (χ1n) is 6.24. The number of fused-ring (bicyclic) bond motifs is 1. The van der Waals surface area contributed by atoms with E-state index in [0.717, 1.165) is 13.0 Å². The smallest absolute Gasteiger partial charge is 0.245 e. The molecule has 1 aliphatic heterocycles. The Bertz CT molecular complexity index is 493. The second kappa shape index (κ2) is 3.78. The van der Waals surface area contributed by atoms with Gasteiger partial charge in [0.1, 0.15) is 0 Å². The highest BCUT2D eigenvalue weighted by Gasteiger charge is 2.61. The monoisotopic (exact) mass is 268 g/mol. The van der Waals surface area contributed by atoms with E-state index >= 15 is 0 Å². The highest BCUT2D eigenvalue weighted by atomic mass is 35.5. The molecule has 5 nitrogen and oxygen atoms in total. The largest absolute Gasteiger partial charge is 0.392 e. The summed E-state index contributed by atoms with van der Waals surface area (Å²) in [6.07, 6.45) is 0.758. The van der Waals surface area contributed by atoms with Crippen molar-refractivity contribution in [1.82, 2.24) is 15.2 Å². The topological polar surface area (TPSA) is 62.1 Å². The van der Waals surface area contributed by atoms with Crippen molar-refractivity contribution in [2.75, 3.05) is 11.4 Å². The van der Waals surface area contributed by atoms with Gasteiger partial charge in [-0.05, 0) is 13.3 Å². The van der Waals surface area contributed by atoms with Gasteiger partial charge in [-0.2, -0.15) is 0 Å². The third-order valence-corrected chi connectivity index (χ3v) is 4.77. The van der Waals surface area contributed by atoms with Gasteiger partial charge in [0, 0.05) is 23.9 Å². The molecule has 0 amide bonds. The van der Waals surface area contributed by atoms with E-state index < -0.39 is 0 Å². The summed E-state index contributed by atoms with van der Waals surface area (Å²) in [5.41, 5.74) is 0.584. The van der Waals surface area contributed by atoms with Gasteiger partial charge in [-0.15, -0.1) is 10.2 Å². The maximum atomic E-state index is 10.1. The number of anilines is 1. The highest BCUT2D eigenvalue weighted by molar-refractivity contribution is 6.29. The summed E-state index contributed by atoms with van der Waals surface area (Å²) in [5.74, 6) is 0.962. The maximum Gasteiger partial charge on any atom is 0.245 e. The minimum absolute atomic E-state index is 0.113. The van der Waals surface area contributed by atoms with Gasteiger partial charge in [0.25, 0.3) is 0 Å². The van der Waals surface area contributed by atoms with E-state index in [0.29, 0.717) is 28.8 Å². The predicted octanol–water partition coefficient (Wildman–Crippen LogP) is 1.43. The molecule has 1 saturated carbocycles. The van der Waals surface area contributed by atoms with Crippen molar-refractivity contribution in [1.29, 1.82) is 0 Å². The number of halogens is 1. The fraction of sp³-hybridized carbons (Fsp3) is 0.750. The van der Waals surface area contributed by atoms with Crippen molar-refractivity contribution in [3.05, 3.63) is 10.8 Å². The highest BCUT2D eigenvalue weighted by Crippen LogP contribution is 2.53. The number of aliphatic hydroxyl groups is 1. The normalized spacial score (nSPS) is 33.2. The first kappa shape index (κ1) is 12.1. The van der Waals surface area contributed by atoms with Crippen LogP contribution in [-0.4, -0.2) is 39.0 Å². The Morgan fingerprint density at radius 2 is 2.11 bits per heavy atom. The third kappa shape index (κ3) is 1.47. The number of nitrogens with zero attached hydrogens (tertiary/aromatic N) is 4. The molecule has 1 aromatic rings. The van der Waals surface area contributed by atoms with Gasteiger partial charge >= 0.3 is 0 Å². The van der Waals surface area contributed by atoms with E-state index in [1.54, 1.807) is 0 Å². The molecule has 6 heteroatoms. The molecule has 2 aliphatic rings. The lowest BCUT2D eigenvalue weighted by molar-refractivity contribution is -0.106. The molecule has 0 radical (unpaired) electrons. The molecule has 2 fully saturated rings. The second-order valence-corrected chi connectivity index (χ2v) is 6.20. The summed E-state index contributed by atoms with van der Waals surface area (Å²) in [5, 5.41) is 18.5. The fourth-order valence-electron chi connectivity index (χ4n) is 3.43. The Labute approximate surface area is 111 Å². The van der Waals surface area contributed by atoms with Crippen molar-refractivity contribution in [2.24, 2.45) is 11.3 Å². The van der Waals surface area contributed by atoms with Crippen LogP contribution in [0.3, 0.4) is 0 Å². The van der Waals surface area contributed by atoms with Crippen LogP contribution in [0.5, 0.6) is 0 Å². The lowest BCUT2D eigenvalue weighted by atomic mass is 9.58. The summed E-state index contributed by atoms with van der Waals surface area (Å²) in [6, 6.07) is 0.301. The van der Waals surface area contributed by atoms with E-state index in [4.69, 9.17) is 11.6 Å². The van der Waals surface area contributed by atoms with E-state index in [2.05, 4.69) is 33.9 Å². The number of rotatable bonds is 1. The van der Waals surface area contributed by atoms with Crippen LogP contribution in [0.25, 0.3) is 0 Å². The zero-order chi connectivity index (χ0) is 13.1. The van der Waals surface area contributed by atoms with Crippen LogP contribution in [0.15, 0.2) is 0 Å². The van der Waals surface area contributed by atoms with E-state index in [1.807, 2.05) is 6.92 Å². The number of hydrogen-bond acceptors (Lipinski definition) is 5. The van der Waals surface area contributed by atoms with Crippen molar-refractivity contribution in [3.63, 3.8) is 0 Å². The molecule has 3 atom stereocenters. The van der Waals surface area contributed by atoms with E-state index in [9.17, 15) is 5.11 Å². The maximum absolute atomic E-state index is 10.1. The van der Waals surface area contributed by atoms with Gasteiger partial charge in [-0.3, -0.25) is 0 Å². The average Bonchev–Trinajstić information content (AvgIpc) is 2.75. The van der Waals surface area contributed by atoms with Crippen LogP contribution in [0.1, 0.15) is 26.0 Å². The Morgan fingerprint density at radius 3 is 2.78 bits per heavy atom. The van der Waals surface area contributed by atoms with Crippen molar-refractivity contribution in [3.8, 4) is 0 Å². The Morgan fingerprint density at radius 1 is 1.39 bits per heavy atom. The Balaban J connectivity index is 1.92. The van der Waals surface area contributed by atoms with Gasteiger partial charge < -0.3 is 10.0 Å². The Hall–Kier alpha value is -0.940. The van der Waals surface area contributed by atoms with Gasteiger partial charge in [-0.1, -0.05) is 25.4 Å². The molecule has 0 unspecified atom stereocenters. The number of aliphatic hydroxyl groups excluding tert-OH is 1. The quantitative estimate of drug-likeness (QED) is 0.835. The molecule has 1 saturated heterocycles. The molecule has 2 heterocycles. The first-order chi connectivity index (χ1) is 8.43. The summed E-state index contributed by atoms with van der Waals surface area (Å²) in [4.78, 5) is 6.56. The minimum Gasteiger partial charge on any atom is -0.392 e. The van der Waals surface area contributed by atoms with Crippen LogP contribution in [0.2, 0.25) is 5.15 Å². The predicted molar refractivity (Wildman–Crippen MR) is 68.6 cm³/mol. The van der Waals surface area contributed by atoms with Crippen molar-refractivity contribution >= 4 is 17.5 Å². The second-order valence-electron chi connectivity index (χ2n) is 5.84. The fourth-order valence-corrected chi connectivity index (χ4v) is 3.51. The Kier molecular flexibility index (Phi) is 2.54. The zero-order valence-corrected chi connectivity index (χ0v) is 11.5. The molecular formula is C12H17ClN4O. The molecule has 0 bridgehead atoms. The van der Waals surface area contributed by atoms with Crippen LogP contribution >= 0.6 is 11.6 Å². The molecule has 0 spiro atoms. The molecule has 18 heavy (non-hydrogen) atoms. The van der Waals surface area contributed by atoms with Crippen LogP contribution in [0, 0.1) is 18.3 Å². The molecule has 0 aromatic carbocycles. The summed E-state index contributed by atoms with van der Waals surface area (Å²) in [7, 11) is 0. The molecule has 3 rings (SSSR count). The van der Waals surface area contributed by atoms with Gasteiger partial charge in [0.15, 0.2) is 5.15 Å². The molecule has 1 aromatic heterocycles. The summed E-state index contributed by atoms with van der Waals surface area (Å²) < 4.78 is 0. The number of aromatic nitrogens is 3. The molecular weight excluding hydrogens is 252 g/mol. The standard InChI is InChI=1S/C12H17ClN4O/c1-6-10(13)15-16-11(14-6)17-5-4-7-8(17)12(2,3)9(7)18/h7-9,18H,4-5H2,1-3H3/t7-,8+,9+/m1/s1. The van der Waals surface area contributed by atoms with Crippen LogP contribution in [-0.2, 0) is 0 Å². The van der Waals surface area contributed by atoms with E-state index in [-0.39, 0.29) is 11.5 Å². The minimum atomic E-state index is -0.228. The van der Waals surface area contributed by atoms with Gasteiger partial charge in [-0.25, -0.2) is 4.98 Å². The summed E-state index contributed by atoms with van der Waals surface area (Å²) in [6.45, 7) is 6.88. The molecule has 98 valence electrons. The summed E-state index contributed by atoms with van der Waals surface area (Å²) >= 11 is 5.85. The van der Waals surface area contributed by atoms with Crippen molar-refractivity contribution < 1.29 is 5.11 Å². The number of aryl methyl sites for hydroxylation is 1. The first-order valence-corrected chi connectivity index (χ1v) is 6.62. The van der Waals surface area contributed by atoms with Crippen LogP contribution in [0.4, 0.5) is 5.95 Å². The van der Waals surface area contributed by atoms with Crippen LogP contribution < -0.4 is 4.90 Å². The lowest BCUT2D eigenvalue weighted by Gasteiger charge is -2.55. The van der Waals surface area contributed by atoms with Gasteiger partial charge in [0.05, 0.1) is 11.8 Å². The van der Waals surface area contributed by atoms with Gasteiger partial charge in [0.2, 0.25) is 5.95 Å². The molecule has 1 aliphatic carbocycles. The van der Waals surface area contributed by atoms with Crippen molar-refractivity contribution in [2.45, 2.75) is 39.3 Å². The SMILES string of the molecule is Cc1nc(N2CC[C@@H]3[C@H]2C(C)(C)[C@H]3O)nnc1Cl. The number of hydrogen-bond donors (Lipinski definition) is 1. The lowest BCUT2D eigenvalue weighted by Crippen LogP contribution is -2.64. The third-order valence-electron chi connectivity index (χ3n) is 4.43. The zero-order valence-electron chi connectivity index (χ0n) is 10.8.